The van der Waals surface area contributed by atoms with Crippen LogP contribution in [-0.2, 0) is 0 Å². The van der Waals surface area contributed by atoms with Crippen LogP contribution in [0.25, 0.3) is 177 Å². The fourth-order valence-corrected chi connectivity index (χ4v) is 17.0. The molecular formula is C122H106I2N4. The Hall–Kier alpha value is -13.6. The van der Waals surface area contributed by atoms with Crippen LogP contribution in [0.3, 0.4) is 0 Å². The number of fused-ring (bicyclic) bond motifs is 4. The molecule has 0 fully saturated rings. The Morgan fingerprint density at radius 1 is 0.148 bits per heavy atom. The summed E-state index contributed by atoms with van der Waals surface area (Å²) in [6.07, 6.45) is 0. The zero-order chi connectivity index (χ0) is 86.7. The smallest absolute Gasteiger partial charge is 0.132 e. The molecule has 0 heterocycles. The molecule has 0 aromatic heterocycles. The third kappa shape index (κ3) is 20.9. The predicted octanol–water partition coefficient (Wildman–Crippen LogP) is 25.9. The number of anilines is 2. The van der Waals surface area contributed by atoms with E-state index in [1.54, 1.807) is 0 Å². The number of nitrogens with zero attached hydrogens (tertiary/aromatic N) is 4. The van der Waals surface area contributed by atoms with Crippen LogP contribution in [0, 0.1) is 0 Å². The first-order chi connectivity index (χ1) is 61.3. The van der Waals surface area contributed by atoms with Gasteiger partial charge in [0.2, 0.25) is 0 Å². The summed E-state index contributed by atoms with van der Waals surface area (Å²) in [7, 11) is 21.5. The minimum Gasteiger partial charge on any atom is -1.00 e. The highest BCUT2D eigenvalue weighted by Crippen LogP contribution is 2.41. The van der Waals surface area contributed by atoms with E-state index < -0.39 is 0 Å². The van der Waals surface area contributed by atoms with E-state index in [2.05, 4.69) is 541 Å². The molecule has 0 amide bonds. The van der Waals surface area contributed by atoms with Crippen molar-refractivity contribution in [3.63, 3.8) is 0 Å². The molecule has 20 aromatic rings. The maximum atomic E-state index is 2.31. The standard InChI is InChI=1S/2C31H28N.2C30H25N.2HI/c1-32(2,3)29-16-8-13-25(22-29)26-18-19-31-28(21-26)15-9-17-30(31)27-14-7-12-24(20-27)23-10-5-4-6-11-23;1-32(2,3)29-18-15-24(16-19-29)26-17-20-31-28(22-26)13-8-14-30(31)27-12-7-11-25(21-27)23-9-5-4-6-10-23;1-31(2)28-15-7-12-24(21-28)25-17-18-30-27(20-25)14-8-16-29(30)26-13-6-11-23(19-26)22-9-4-3-5-10-22;1-31(2)28-17-14-23(15-18-28)25-16-19-30-27(21-25)12-7-13-29(30)26-11-6-10-24(20-26)22-8-4-3-5-9-22;;/h2*4-22H,1-3H3;2*3-21H,1-2H3;2*1H/q2*+1;;;;/p-2. The van der Waals surface area contributed by atoms with Gasteiger partial charge in [0.05, 0.1) is 42.3 Å². The van der Waals surface area contributed by atoms with Gasteiger partial charge in [-0.15, -0.1) is 0 Å². The van der Waals surface area contributed by atoms with Crippen molar-refractivity contribution in [3.05, 3.63) is 461 Å². The summed E-state index contributed by atoms with van der Waals surface area (Å²) in [5.74, 6) is 0. The molecule has 6 heteroatoms. The lowest BCUT2D eigenvalue weighted by Crippen LogP contribution is -3.00. The normalized spacial score (nSPS) is 11.1. The molecule has 0 aliphatic rings. The molecule has 128 heavy (non-hydrogen) atoms. The Kier molecular flexibility index (Phi) is 28.2. The summed E-state index contributed by atoms with van der Waals surface area (Å²) < 4.78 is 1.63. The minimum absolute atomic E-state index is 0. The van der Waals surface area contributed by atoms with E-state index in [-0.39, 0.29) is 48.0 Å². The van der Waals surface area contributed by atoms with Gasteiger partial charge in [-0.05, 0) is 280 Å². The molecule has 628 valence electrons. The average Bonchev–Trinajstić information content (AvgIpc) is 0.790. The second kappa shape index (κ2) is 40.4. The van der Waals surface area contributed by atoms with Gasteiger partial charge in [0.25, 0.3) is 0 Å². The molecule has 0 bridgehead atoms. The molecular weight excluding hydrogens is 1780 g/mol. The highest BCUT2D eigenvalue weighted by molar-refractivity contribution is 6.03. The van der Waals surface area contributed by atoms with Gasteiger partial charge in [-0.1, -0.05) is 352 Å². The molecule has 0 spiro atoms. The Labute approximate surface area is 790 Å². The summed E-state index contributed by atoms with van der Waals surface area (Å²) in [6, 6.07) is 166. The minimum atomic E-state index is 0. The molecule has 4 nitrogen and oxygen atoms in total. The molecule has 0 N–H and O–H groups in total. The van der Waals surface area contributed by atoms with Gasteiger partial charge in [-0.2, -0.15) is 0 Å². The van der Waals surface area contributed by atoms with Crippen molar-refractivity contribution in [2.75, 3.05) is 80.3 Å². The second-order valence-electron chi connectivity index (χ2n) is 34.8. The lowest BCUT2D eigenvalue weighted by molar-refractivity contribution is -0.001000. The zero-order valence-electron chi connectivity index (χ0n) is 74.4. The Morgan fingerprint density at radius 2 is 0.367 bits per heavy atom. The van der Waals surface area contributed by atoms with E-state index in [1.807, 2.05) is 0 Å². The predicted molar refractivity (Wildman–Crippen MR) is 549 cm³/mol. The zero-order valence-corrected chi connectivity index (χ0v) is 78.7. The number of hydrogen-bond acceptors (Lipinski definition) is 2. The summed E-state index contributed by atoms with van der Waals surface area (Å²) in [4.78, 5) is 4.27. The first-order valence-electron chi connectivity index (χ1n) is 43.5. The van der Waals surface area contributed by atoms with E-state index in [9.17, 15) is 0 Å². The molecule has 0 saturated heterocycles. The van der Waals surface area contributed by atoms with Crippen molar-refractivity contribution in [2.24, 2.45) is 0 Å². The van der Waals surface area contributed by atoms with E-state index in [0.717, 1.165) is 8.97 Å². The third-order valence-corrected chi connectivity index (χ3v) is 24.0. The Bertz CT molecular complexity index is 7200. The highest BCUT2D eigenvalue weighted by atomic mass is 127. The van der Waals surface area contributed by atoms with Crippen molar-refractivity contribution >= 4 is 65.8 Å². The topological polar surface area (TPSA) is 6.48 Å². The number of benzene rings is 20. The second-order valence-corrected chi connectivity index (χ2v) is 34.8. The van der Waals surface area contributed by atoms with E-state index >= 15 is 0 Å². The molecule has 20 rings (SSSR count). The van der Waals surface area contributed by atoms with Crippen molar-refractivity contribution < 1.29 is 48.0 Å². The Balaban J connectivity index is 0.000000131. The van der Waals surface area contributed by atoms with Crippen LogP contribution in [0.2, 0.25) is 0 Å². The van der Waals surface area contributed by atoms with Crippen LogP contribution in [0.15, 0.2) is 461 Å². The first kappa shape index (κ1) is 89.3. The van der Waals surface area contributed by atoms with Gasteiger partial charge in [-0.3, -0.25) is 8.97 Å². The van der Waals surface area contributed by atoms with Crippen molar-refractivity contribution in [3.8, 4) is 134 Å². The SMILES string of the molecule is CN(C)c1ccc(-c2ccc3c(-c4cccc(-c5ccccc5)c4)cccc3c2)cc1.CN(C)c1cccc(-c2ccc3c(-c4cccc(-c5ccccc5)c4)cccc3c2)c1.C[N+](C)(C)c1ccc(-c2ccc3c(-c4cccc(-c5ccccc5)c4)cccc3c2)cc1.C[N+](C)(C)c1cccc(-c2ccc3c(-c4cccc(-c5ccccc5)c4)cccc3c2)c1.[I-].[I-]. The first-order valence-corrected chi connectivity index (χ1v) is 43.5. The summed E-state index contributed by atoms with van der Waals surface area (Å²) >= 11 is 0. The van der Waals surface area contributed by atoms with Crippen LogP contribution in [0.4, 0.5) is 22.7 Å². The number of rotatable bonds is 16. The van der Waals surface area contributed by atoms with Gasteiger partial charge in [0.15, 0.2) is 0 Å². The maximum absolute atomic E-state index is 2.31. The molecule has 0 aliphatic heterocycles. The summed E-state index contributed by atoms with van der Waals surface area (Å²) in [6.45, 7) is 0. The van der Waals surface area contributed by atoms with Gasteiger partial charge in [0.1, 0.15) is 11.4 Å². The number of halogens is 2. The molecule has 0 saturated carbocycles. The van der Waals surface area contributed by atoms with Crippen molar-refractivity contribution in [1.29, 1.82) is 0 Å². The van der Waals surface area contributed by atoms with E-state index in [0.29, 0.717) is 0 Å². The monoisotopic (exact) mass is 1880 g/mol. The quantitative estimate of drug-likeness (QED) is 0.0703. The maximum Gasteiger partial charge on any atom is 0.132 e. The summed E-state index contributed by atoms with van der Waals surface area (Å²) in [5.41, 5.74) is 35.0. The highest BCUT2D eigenvalue weighted by Gasteiger charge is 2.18. The average molecular weight is 1880 g/mol. The van der Waals surface area contributed by atoms with Crippen LogP contribution >= 0.6 is 0 Å². The van der Waals surface area contributed by atoms with Gasteiger partial charge < -0.3 is 57.8 Å². The fourth-order valence-electron chi connectivity index (χ4n) is 17.0. The van der Waals surface area contributed by atoms with Crippen LogP contribution in [-0.4, -0.2) is 70.5 Å². The lowest BCUT2D eigenvalue weighted by Gasteiger charge is -2.23. The van der Waals surface area contributed by atoms with Gasteiger partial charge >= 0.3 is 0 Å². The number of quaternary nitrogens is 2. The van der Waals surface area contributed by atoms with Crippen LogP contribution < -0.4 is 66.7 Å². The summed E-state index contributed by atoms with van der Waals surface area (Å²) in [5, 5.41) is 10.2. The van der Waals surface area contributed by atoms with Crippen molar-refractivity contribution in [2.45, 2.75) is 0 Å². The molecule has 0 unspecified atom stereocenters. The fraction of sp³-hybridized carbons (Fsp3) is 0.0820. The molecule has 0 radical (unpaired) electrons. The van der Waals surface area contributed by atoms with Gasteiger partial charge in [0, 0.05) is 45.6 Å². The number of hydrogen-bond donors (Lipinski definition) is 0. The van der Waals surface area contributed by atoms with E-state index in [4.69, 9.17) is 0 Å². The van der Waals surface area contributed by atoms with Gasteiger partial charge in [-0.25, -0.2) is 0 Å². The van der Waals surface area contributed by atoms with Crippen LogP contribution in [0.1, 0.15) is 0 Å². The molecule has 20 aromatic carbocycles. The van der Waals surface area contributed by atoms with Crippen molar-refractivity contribution in [1.82, 2.24) is 8.97 Å². The third-order valence-electron chi connectivity index (χ3n) is 24.0. The van der Waals surface area contributed by atoms with Crippen LogP contribution in [0.5, 0.6) is 0 Å². The lowest BCUT2D eigenvalue weighted by atomic mass is 9.93. The molecule has 0 atom stereocenters. The Morgan fingerprint density at radius 3 is 0.664 bits per heavy atom. The largest absolute Gasteiger partial charge is 1.00 e. The molecule has 0 aliphatic carbocycles. The van der Waals surface area contributed by atoms with E-state index in [1.165, 1.54) is 199 Å².